The number of nitrogens with zero attached hydrogens (tertiary/aromatic N) is 2. The summed E-state index contributed by atoms with van der Waals surface area (Å²) in [6, 6.07) is 0.322. The van der Waals surface area contributed by atoms with E-state index < -0.39 is 22.8 Å². The van der Waals surface area contributed by atoms with E-state index in [2.05, 4.69) is 0 Å². The maximum absolute atomic E-state index is 11.5. The van der Waals surface area contributed by atoms with Gasteiger partial charge in [0.25, 0.3) is 5.56 Å². The number of aromatic amines is 1. The number of aromatic carboxylic acids is 1. The molecule has 0 fully saturated rings. The summed E-state index contributed by atoms with van der Waals surface area (Å²) >= 11 is 0. The van der Waals surface area contributed by atoms with Gasteiger partial charge in [-0.2, -0.15) is 0 Å². The predicted molar refractivity (Wildman–Crippen MR) is 66.0 cm³/mol. The number of rotatable bonds is 5. The zero-order valence-corrected chi connectivity index (χ0v) is 10.6. The molecule has 0 radical (unpaired) electrons. The van der Waals surface area contributed by atoms with Crippen LogP contribution in [0.3, 0.4) is 0 Å². The van der Waals surface area contributed by atoms with Gasteiger partial charge in [0.15, 0.2) is 0 Å². The Morgan fingerprint density at radius 1 is 1.50 bits per heavy atom. The minimum Gasteiger partial charge on any atom is -0.477 e. The molecular formula is C11H17N3O4. The van der Waals surface area contributed by atoms with E-state index in [1.807, 2.05) is 30.8 Å². The van der Waals surface area contributed by atoms with Gasteiger partial charge >= 0.3 is 11.7 Å². The third kappa shape index (κ3) is 3.30. The lowest BCUT2D eigenvalue weighted by Gasteiger charge is -2.21. The highest BCUT2D eigenvalue weighted by atomic mass is 16.4. The van der Waals surface area contributed by atoms with Gasteiger partial charge in [0.2, 0.25) is 0 Å². The first-order valence-electron chi connectivity index (χ1n) is 5.60. The minimum absolute atomic E-state index is 0.322. The van der Waals surface area contributed by atoms with Gasteiger partial charge in [0.1, 0.15) is 5.56 Å². The standard InChI is InChI=1S/C11H17N3O4/c1-7(2)13(3)4-5-14-6-8(10(16)17)9(15)12-11(14)18/h6-7H,4-5H2,1-3H3,(H,16,17)(H,12,15,18). The number of aromatic nitrogens is 2. The van der Waals surface area contributed by atoms with Crippen LogP contribution in [0.15, 0.2) is 15.8 Å². The maximum atomic E-state index is 11.5. The summed E-state index contributed by atoms with van der Waals surface area (Å²) in [5.74, 6) is -1.35. The Morgan fingerprint density at radius 3 is 2.61 bits per heavy atom. The molecule has 1 aromatic heterocycles. The highest BCUT2D eigenvalue weighted by Gasteiger charge is 2.12. The molecule has 1 heterocycles. The summed E-state index contributed by atoms with van der Waals surface area (Å²) in [4.78, 5) is 37.5. The number of nitrogens with one attached hydrogen (secondary N) is 1. The number of likely N-dealkylation sites (N-methyl/N-ethyl adjacent to an activating group) is 1. The van der Waals surface area contributed by atoms with Crippen LogP contribution in [0.2, 0.25) is 0 Å². The van der Waals surface area contributed by atoms with Crippen LogP contribution in [0.5, 0.6) is 0 Å². The summed E-state index contributed by atoms with van der Waals surface area (Å²) in [6.07, 6.45) is 1.08. The van der Waals surface area contributed by atoms with Crippen LogP contribution >= 0.6 is 0 Å². The Hall–Kier alpha value is -1.89. The van der Waals surface area contributed by atoms with Crippen LogP contribution in [0.4, 0.5) is 0 Å². The Labute approximate surface area is 104 Å². The molecule has 18 heavy (non-hydrogen) atoms. The fourth-order valence-corrected chi connectivity index (χ4v) is 1.35. The molecule has 0 unspecified atom stereocenters. The van der Waals surface area contributed by atoms with Crippen molar-refractivity contribution in [3.8, 4) is 0 Å². The highest BCUT2D eigenvalue weighted by molar-refractivity contribution is 5.86. The lowest BCUT2D eigenvalue weighted by molar-refractivity contribution is 0.0693. The average Bonchev–Trinajstić information content (AvgIpc) is 2.26. The molecule has 0 aliphatic rings. The van der Waals surface area contributed by atoms with Crippen molar-refractivity contribution in [1.29, 1.82) is 0 Å². The van der Waals surface area contributed by atoms with Crippen LogP contribution < -0.4 is 11.2 Å². The first-order valence-corrected chi connectivity index (χ1v) is 5.60. The molecule has 0 amide bonds. The molecular weight excluding hydrogens is 238 g/mol. The zero-order valence-electron chi connectivity index (χ0n) is 10.6. The van der Waals surface area contributed by atoms with Gasteiger partial charge in [-0.3, -0.25) is 14.3 Å². The van der Waals surface area contributed by atoms with Crippen LogP contribution in [-0.4, -0.2) is 45.2 Å². The molecule has 0 atom stereocenters. The first-order chi connectivity index (χ1) is 8.32. The average molecular weight is 255 g/mol. The maximum Gasteiger partial charge on any atom is 0.342 e. The third-order valence-corrected chi connectivity index (χ3v) is 2.82. The molecule has 2 N–H and O–H groups in total. The van der Waals surface area contributed by atoms with Crippen LogP contribution in [-0.2, 0) is 6.54 Å². The van der Waals surface area contributed by atoms with Gasteiger partial charge in [-0.1, -0.05) is 0 Å². The molecule has 100 valence electrons. The van der Waals surface area contributed by atoms with Crippen molar-refractivity contribution in [3.63, 3.8) is 0 Å². The third-order valence-electron chi connectivity index (χ3n) is 2.82. The van der Waals surface area contributed by atoms with Crippen molar-refractivity contribution in [2.75, 3.05) is 13.6 Å². The molecule has 0 saturated heterocycles. The second kappa shape index (κ2) is 5.63. The molecule has 7 nitrogen and oxygen atoms in total. The Balaban J connectivity index is 2.96. The quantitative estimate of drug-likeness (QED) is 0.744. The van der Waals surface area contributed by atoms with Crippen LogP contribution in [0.1, 0.15) is 24.2 Å². The smallest absolute Gasteiger partial charge is 0.342 e. The number of hydrogen-bond donors (Lipinski definition) is 2. The first kappa shape index (κ1) is 14.2. The lowest BCUT2D eigenvalue weighted by Crippen LogP contribution is -2.37. The lowest BCUT2D eigenvalue weighted by atomic mass is 10.3. The van der Waals surface area contributed by atoms with E-state index in [0.29, 0.717) is 19.1 Å². The van der Waals surface area contributed by atoms with Crippen LogP contribution in [0.25, 0.3) is 0 Å². The van der Waals surface area contributed by atoms with Crippen molar-refractivity contribution in [2.45, 2.75) is 26.4 Å². The van der Waals surface area contributed by atoms with E-state index in [0.717, 1.165) is 6.20 Å². The van der Waals surface area contributed by atoms with Gasteiger partial charge in [-0.05, 0) is 20.9 Å². The molecule has 0 aliphatic carbocycles. The fourth-order valence-electron chi connectivity index (χ4n) is 1.35. The summed E-state index contributed by atoms with van der Waals surface area (Å²) in [6.45, 7) is 4.93. The SMILES string of the molecule is CC(C)N(C)CCn1cc(C(=O)O)c(=O)[nH]c1=O. The van der Waals surface area contributed by atoms with Gasteiger partial charge < -0.3 is 10.0 Å². The molecule has 0 saturated carbocycles. The van der Waals surface area contributed by atoms with Gasteiger partial charge in [-0.15, -0.1) is 0 Å². The van der Waals surface area contributed by atoms with Gasteiger partial charge in [-0.25, -0.2) is 9.59 Å². The zero-order chi connectivity index (χ0) is 13.9. The van der Waals surface area contributed by atoms with Crippen molar-refractivity contribution in [2.24, 2.45) is 0 Å². The van der Waals surface area contributed by atoms with E-state index in [4.69, 9.17) is 5.11 Å². The second-order valence-electron chi connectivity index (χ2n) is 4.37. The second-order valence-corrected chi connectivity index (χ2v) is 4.37. The molecule has 0 aromatic carbocycles. The Morgan fingerprint density at radius 2 is 2.11 bits per heavy atom. The number of carbonyl (C=O) groups is 1. The van der Waals surface area contributed by atoms with E-state index in [1.54, 1.807) is 0 Å². The molecule has 7 heteroatoms. The summed E-state index contributed by atoms with van der Waals surface area (Å²) in [5, 5.41) is 8.80. The van der Waals surface area contributed by atoms with Crippen molar-refractivity contribution < 1.29 is 9.90 Å². The predicted octanol–water partition coefficient (Wildman–Crippen LogP) is -0.425. The molecule has 0 spiro atoms. The molecule has 0 aliphatic heterocycles. The largest absolute Gasteiger partial charge is 0.477 e. The summed E-state index contributed by atoms with van der Waals surface area (Å²) in [5.41, 5.74) is -1.90. The molecule has 0 bridgehead atoms. The number of carboxylic acid groups (broad SMARTS) is 1. The monoisotopic (exact) mass is 255 g/mol. The fraction of sp³-hybridized carbons (Fsp3) is 0.545. The van der Waals surface area contributed by atoms with Gasteiger partial charge in [0, 0.05) is 25.3 Å². The van der Waals surface area contributed by atoms with Crippen LogP contribution in [0, 0.1) is 0 Å². The van der Waals surface area contributed by atoms with E-state index in [-0.39, 0.29) is 0 Å². The van der Waals surface area contributed by atoms with Gasteiger partial charge in [0.05, 0.1) is 0 Å². The molecule has 1 aromatic rings. The normalized spacial score (nSPS) is 11.2. The summed E-state index contributed by atoms with van der Waals surface area (Å²) < 4.78 is 1.20. The number of H-pyrrole nitrogens is 1. The Bertz CT molecular complexity index is 544. The molecule has 1 rings (SSSR count). The van der Waals surface area contributed by atoms with Crippen molar-refractivity contribution >= 4 is 5.97 Å². The number of carboxylic acids is 1. The number of hydrogen-bond acceptors (Lipinski definition) is 4. The van der Waals surface area contributed by atoms with E-state index >= 15 is 0 Å². The van der Waals surface area contributed by atoms with Crippen molar-refractivity contribution in [3.05, 3.63) is 32.6 Å². The van der Waals surface area contributed by atoms with Crippen molar-refractivity contribution in [1.82, 2.24) is 14.5 Å². The summed E-state index contributed by atoms with van der Waals surface area (Å²) in [7, 11) is 1.90. The minimum atomic E-state index is -1.35. The van der Waals surface area contributed by atoms with E-state index in [1.165, 1.54) is 4.57 Å². The topological polar surface area (TPSA) is 95.4 Å². The van der Waals surface area contributed by atoms with E-state index in [9.17, 15) is 14.4 Å². The Kier molecular flexibility index (Phi) is 4.43. The highest BCUT2D eigenvalue weighted by Crippen LogP contribution is 1.94.